The van der Waals surface area contributed by atoms with Crippen LogP contribution in [0.5, 0.6) is 0 Å². The average Bonchev–Trinajstić information content (AvgIpc) is 2.65. The Hall–Kier alpha value is -2.30. The molecule has 0 aromatic heterocycles. The fourth-order valence-corrected chi connectivity index (χ4v) is 4.10. The number of nitrogens with zero attached hydrogens (tertiary/aromatic N) is 2. The first-order valence-corrected chi connectivity index (χ1v) is 9.12. The summed E-state index contributed by atoms with van der Waals surface area (Å²) in [6.07, 6.45) is 5.52. The molecule has 2 N–H and O–H groups in total. The van der Waals surface area contributed by atoms with Crippen molar-refractivity contribution in [2.75, 3.05) is 0 Å². The van der Waals surface area contributed by atoms with E-state index in [1.807, 2.05) is 12.1 Å². The van der Waals surface area contributed by atoms with Gasteiger partial charge in [0.15, 0.2) is 0 Å². The molecule has 2 aromatic carbocycles. The fourth-order valence-electron chi connectivity index (χ4n) is 3.89. The number of allylic oxidation sites excluding steroid dienone is 1. The molecule has 4 heteroatoms. The van der Waals surface area contributed by atoms with Crippen molar-refractivity contribution in [3.05, 3.63) is 77.4 Å². The Bertz CT molecular complexity index is 827. The highest BCUT2D eigenvalue weighted by molar-refractivity contribution is 7.80. The molecule has 0 unspecified atom stereocenters. The molecule has 0 spiro atoms. The summed E-state index contributed by atoms with van der Waals surface area (Å²) in [5, 5.41) is 2.14. The van der Waals surface area contributed by atoms with Crippen LogP contribution < -0.4 is 5.84 Å². The zero-order valence-electron chi connectivity index (χ0n) is 14.0. The topological polar surface area (TPSA) is 41.6 Å². The lowest BCUT2D eigenvalue weighted by molar-refractivity contribution is 0.253. The highest BCUT2D eigenvalue weighted by atomic mass is 32.1. The van der Waals surface area contributed by atoms with Crippen LogP contribution >= 0.6 is 12.2 Å². The molecule has 2 atom stereocenters. The molecule has 25 heavy (non-hydrogen) atoms. The van der Waals surface area contributed by atoms with Gasteiger partial charge in [-0.1, -0.05) is 60.7 Å². The lowest BCUT2D eigenvalue weighted by Gasteiger charge is -2.42. The molecule has 1 aliphatic heterocycles. The number of rotatable bonds is 2. The third-order valence-corrected chi connectivity index (χ3v) is 5.34. The average molecular weight is 347 g/mol. The summed E-state index contributed by atoms with van der Waals surface area (Å²) in [5.41, 5.74) is 4.82. The van der Waals surface area contributed by atoms with Crippen LogP contribution in [0, 0.1) is 5.92 Å². The van der Waals surface area contributed by atoms with Gasteiger partial charge in [-0.05, 0) is 54.3 Å². The second-order valence-corrected chi connectivity index (χ2v) is 6.99. The molecule has 1 heterocycles. The normalized spacial score (nSPS) is 24.8. The number of fused-ring (bicyclic) bond motifs is 1. The van der Waals surface area contributed by atoms with E-state index in [9.17, 15) is 0 Å². The van der Waals surface area contributed by atoms with E-state index >= 15 is 0 Å². The summed E-state index contributed by atoms with van der Waals surface area (Å²) in [4.78, 5) is 4.72. The largest absolute Gasteiger partial charge is 0.277 e. The lowest BCUT2D eigenvalue weighted by Crippen LogP contribution is -2.49. The van der Waals surface area contributed by atoms with E-state index in [-0.39, 0.29) is 12.0 Å². The Labute approximate surface area is 153 Å². The summed E-state index contributed by atoms with van der Waals surface area (Å²) < 4.78 is 0. The fraction of sp³-hybridized carbons (Fsp3) is 0.238. The van der Waals surface area contributed by atoms with Crippen LogP contribution in [-0.2, 0) is 0 Å². The molecule has 1 fully saturated rings. The van der Waals surface area contributed by atoms with Gasteiger partial charge >= 0.3 is 0 Å². The molecule has 0 bridgehead atoms. The second-order valence-electron chi connectivity index (χ2n) is 6.62. The van der Waals surface area contributed by atoms with E-state index < -0.39 is 0 Å². The van der Waals surface area contributed by atoms with Gasteiger partial charge in [0.05, 0.1) is 11.8 Å². The monoisotopic (exact) mass is 347 g/mol. The predicted molar refractivity (Wildman–Crippen MR) is 107 cm³/mol. The van der Waals surface area contributed by atoms with Crippen molar-refractivity contribution in [3.63, 3.8) is 0 Å². The summed E-state index contributed by atoms with van der Waals surface area (Å²) in [5.74, 6) is 6.61. The van der Waals surface area contributed by atoms with Crippen molar-refractivity contribution in [1.82, 2.24) is 5.01 Å². The van der Waals surface area contributed by atoms with Crippen LogP contribution in [-0.4, -0.2) is 15.8 Å². The van der Waals surface area contributed by atoms with Crippen molar-refractivity contribution < 1.29 is 0 Å². The van der Waals surface area contributed by atoms with Gasteiger partial charge in [0.25, 0.3) is 0 Å². The Kier molecular flexibility index (Phi) is 4.47. The van der Waals surface area contributed by atoms with Gasteiger partial charge in [-0.3, -0.25) is 5.01 Å². The van der Waals surface area contributed by atoms with Gasteiger partial charge in [0.2, 0.25) is 5.11 Å². The molecule has 2 aliphatic rings. The quantitative estimate of drug-likeness (QED) is 0.641. The minimum Gasteiger partial charge on any atom is -0.277 e. The third-order valence-electron chi connectivity index (χ3n) is 5.04. The SMILES string of the molecule is NN1C(=S)N=C2/C(=C/c3ccccc3)CCC[C@@H]2[C@H]1c1ccccc1. The van der Waals surface area contributed by atoms with Crippen molar-refractivity contribution in [3.8, 4) is 0 Å². The molecule has 4 rings (SSSR count). The third kappa shape index (κ3) is 3.15. The maximum Gasteiger partial charge on any atom is 0.210 e. The first-order chi connectivity index (χ1) is 12.2. The Morgan fingerprint density at radius 1 is 1.04 bits per heavy atom. The number of hydrogen-bond donors (Lipinski definition) is 1. The molecule has 1 aliphatic carbocycles. The maximum absolute atomic E-state index is 6.33. The molecule has 0 radical (unpaired) electrons. The van der Waals surface area contributed by atoms with Crippen LogP contribution in [0.15, 0.2) is 71.2 Å². The zero-order valence-corrected chi connectivity index (χ0v) is 14.8. The number of thiocarbonyl (C=S) groups is 1. The predicted octanol–water partition coefficient (Wildman–Crippen LogP) is 4.53. The number of benzene rings is 2. The second kappa shape index (κ2) is 6.90. The van der Waals surface area contributed by atoms with E-state index in [4.69, 9.17) is 23.1 Å². The maximum atomic E-state index is 6.33. The molecular formula is C21H21N3S. The summed E-state index contributed by atoms with van der Waals surface area (Å²) in [7, 11) is 0. The van der Waals surface area contributed by atoms with E-state index in [1.54, 1.807) is 5.01 Å². The van der Waals surface area contributed by atoms with Crippen LogP contribution in [0.1, 0.15) is 36.4 Å². The van der Waals surface area contributed by atoms with Gasteiger partial charge in [0, 0.05) is 5.92 Å². The van der Waals surface area contributed by atoms with Crippen LogP contribution in [0.4, 0.5) is 0 Å². The van der Waals surface area contributed by atoms with Crippen molar-refractivity contribution in [2.24, 2.45) is 16.8 Å². The zero-order chi connectivity index (χ0) is 17.2. The number of nitrogens with two attached hydrogens (primary N) is 1. The highest BCUT2D eigenvalue weighted by Gasteiger charge is 2.39. The number of aliphatic imine (C=N–C) groups is 1. The molecule has 0 amide bonds. The Morgan fingerprint density at radius 2 is 1.72 bits per heavy atom. The smallest absolute Gasteiger partial charge is 0.210 e. The Balaban J connectivity index is 1.76. The van der Waals surface area contributed by atoms with E-state index in [0.29, 0.717) is 5.11 Å². The molecule has 3 nitrogen and oxygen atoms in total. The van der Waals surface area contributed by atoms with Gasteiger partial charge in [-0.15, -0.1) is 0 Å². The van der Waals surface area contributed by atoms with Crippen LogP contribution in [0.3, 0.4) is 0 Å². The first kappa shape index (κ1) is 16.2. The molecular weight excluding hydrogens is 326 g/mol. The minimum absolute atomic E-state index is 0.0562. The molecule has 1 saturated carbocycles. The molecule has 2 aromatic rings. The van der Waals surface area contributed by atoms with Gasteiger partial charge in [-0.2, -0.15) is 0 Å². The summed E-state index contributed by atoms with van der Waals surface area (Å²) in [6, 6.07) is 20.9. The standard InChI is InChI=1S/C21H21N3S/c22-24-20(16-10-5-2-6-11-16)18-13-7-12-17(19(18)23-21(24)25)14-15-8-3-1-4-9-15/h1-6,8-11,14,18,20H,7,12-13,22H2/b17-14+/t18-,20+/m0/s1. The molecule has 126 valence electrons. The van der Waals surface area contributed by atoms with Crippen molar-refractivity contribution in [2.45, 2.75) is 25.3 Å². The Morgan fingerprint density at radius 3 is 2.44 bits per heavy atom. The van der Waals surface area contributed by atoms with Crippen LogP contribution in [0.2, 0.25) is 0 Å². The lowest BCUT2D eigenvalue weighted by atomic mass is 9.75. The summed E-state index contributed by atoms with van der Waals surface area (Å²) >= 11 is 5.48. The van der Waals surface area contributed by atoms with Gasteiger partial charge < -0.3 is 0 Å². The van der Waals surface area contributed by atoms with Gasteiger partial charge in [-0.25, -0.2) is 10.8 Å². The van der Waals surface area contributed by atoms with E-state index in [0.717, 1.165) is 25.0 Å². The van der Waals surface area contributed by atoms with Crippen molar-refractivity contribution in [1.29, 1.82) is 0 Å². The number of hydrogen-bond acceptors (Lipinski definition) is 2. The summed E-state index contributed by atoms with van der Waals surface area (Å²) in [6.45, 7) is 0. The molecule has 0 saturated heterocycles. The van der Waals surface area contributed by atoms with Gasteiger partial charge in [0.1, 0.15) is 0 Å². The van der Waals surface area contributed by atoms with Crippen molar-refractivity contribution >= 4 is 29.1 Å². The van der Waals surface area contributed by atoms with Crippen LogP contribution in [0.25, 0.3) is 6.08 Å². The van der Waals surface area contributed by atoms with E-state index in [2.05, 4.69) is 54.6 Å². The first-order valence-electron chi connectivity index (χ1n) is 8.71. The highest BCUT2D eigenvalue weighted by Crippen LogP contribution is 2.41. The van der Waals surface area contributed by atoms with E-state index in [1.165, 1.54) is 16.7 Å². The number of hydrazine groups is 1. The minimum atomic E-state index is 0.0562.